The number of likely N-dealkylation sites (tertiary alicyclic amines) is 1. The lowest BCUT2D eigenvalue weighted by molar-refractivity contribution is -0.145. The maximum Gasteiger partial charge on any atom is 0.256 e. The molecule has 132 valence electrons. The average molecular weight is 345 g/mol. The third-order valence-electron chi connectivity index (χ3n) is 5.50. The van der Waals surface area contributed by atoms with E-state index in [0.29, 0.717) is 29.6 Å². The molecule has 2 aliphatic rings. The molecule has 6 nitrogen and oxygen atoms in total. The van der Waals surface area contributed by atoms with Crippen LogP contribution in [0.5, 0.6) is 0 Å². The molecule has 1 saturated heterocycles. The van der Waals surface area contributed by atoms with E-state index in [1.165, 1.54) is 12.1 Å². The molecule has 1 aliphatic heterocycles. The molecule has 2 fully saturated rings. The molecular weight excluding hydrogens is 325 g/mol. The molecule has 1 saturated carbocycles. The number of likely N-dealkylation sites (N-methyl/N-ethyl adjacent to an activating group) is 1. The van der Waals surface area contributed by atoms with Gasteiger partial charge in [0.2, 0.25) is 5.91 Å². The Morgan fingerprint density at radius 2 is 2.12 bits per heavy atom. The van der Waals surface area contributed by atoms with E-state index in [0.717, 1.165) is 12.8 Å². The van der Waals surface area contributed by atoms with Gasteiger partial charge in [-0.3, -0.25) is 9.59 Å². The topological polar surface area (TPSA) is 76.6 Å². The lowest BCUT2D eigenvalue weighted by Crippen LogP contribution is -2.62. The summed E-state index contributed by atoms with van der Waals surface area (Å²) < 4.78 is 13.5. The maximum atomic E-state index is 13.5. The molecule has 0 atom stereocenters. The summed E-state index contributed by atoms with van der Waals surface area (Å²) in [6.07, 6.45) is 3.06. The molecule has 2 aromatic rings. The van der Waals surface area contributed by atoms with Crippen LogP contribution in [-0.2, 0) is 4.79 Å². The summed E-state index contributed by atoms with van der Waals surface area (Å²) in [7, 11) is 1.70. The van der Waals surface area contributed by atoms with Gasteiger partial charge in [0.15, 0.2) is 0 Å². The summed E-state index contributed by atoms with van der Waals surface area (Å²) in [5, 5.41) is 9.92. The van der Waals surface area contributed by atoms with Crippen LogP contribution in [0.15, 0.2) is 24.4 Å². The number of nitrogens with one attached hydrogen (secondary N) is 1. The molecule has 25 heavy (non-hydrogen) atoms. The SMILES string of the molecule is CN(C(=O)c1c[nH]c2ccc(F)cc12)C1CN(C(=O)C2(CO)CC2)C1. The lowest BCUT2D eigenvalue weighted by Gasteiger charge is -2.45. The van der Waals surface area contributed by atoms with Crippen LogP contribution in [0.1, 0.15) is 23.2 Å². The van der Waals surface area contributed by atoms with Crippen molar-refractivity contribution in [3.63, 3.8) is 0 Å². The van der Waals surface area contributed by atoms with Crippen molar-refractivity contribution in [1.82, 2.24) is 14.8 Å². The van der Waals surface area contributed by atoms with E-state index >= 15 is 0 Å². The van der Waals surface area contributed by atoms with Crippen LogP contribution < -0.4 is 0 Å². The van der Waals surface area contributed by atoms with Crippen LogP contribution in [0.4, 0.5) is 4.39 Å². The number of H-pyrrole nitrogens is 1. The fraction of sp³-hybridized carbons (Fsp3) is 0.444. The van der Waals surface area contributed by atoms with Crippen molar-refractivity contribution in [3.8, 4) is 0 Å². The number of aromatic nitrogens is 1. The molecule has 2 heterocycles. The van der Waals surface area contributed by atoms with Crippen molar-refractivity contribution in [3.05, 3.63) is 35.8 Å². The number of aromatic amines is 1. The second-order valence-corrected chi connectivity index (χ2v) is 7.11. The zero-order valence-corrected chi connectivity index (χ0v) is 14.0. The first kappa shape index (κ1) is 16.1. The summed E-state index contributed by atoms with van der Waals surface area (Å²) >= 11 is 0. The maximum absolute atomic E-state index is 13.5. The second kappa shape index (κ2) is 5.56. The highest BCUT2D eigenvalue weighted by Crippen LogP contribution is 2.47. The Hall–Kier alpha value is -2.41. The van der Waals surface area contributed by atoms with Crippen LogP contribution >= 0.6 is 0 Å². The fourth-order valence-electron chi connectivity index (χ4n) is 3.42. The van der Waals surface area contributed by atoms with Gasteiger partial charge in [0.05, 0.1) is 23.6 Å². The number of rotatable bonds is 4. The van der Waals surface area contributed by atoms with Crippen LogP contribution in [0.25, 0.3) is 10.9 Å². The first-order valence-corrected chi connectivity index (χ1v) is 8.39. The third-order valence-corrected chi connectivity index (χ3v) is 5.50. The Balaban J connectivity index is 1.45. The van der Waals surface area contributed by atoms with E-state index in [9.17, 15) is 19.1 Å². The van der Waals surface area contributed by atoms with Crippen LogP contribution in [0, 0.1) is 11.2 Å². The standard InChI is InChI=1S/C18H20FN3O3/c1-21(12-8-22(9-12)17(25)18(10-23)4-5-18)16(24)14-7-20-15-3-2-11(19)6-13(14)15/h2-3,6-7,12,20,23H,4-5,8-10H2,1H3. The summed E-state index contributed by atoms with van der Waals surface area (Å²) in [6.45, 7) is 0.835. The van der Waals surface area contributed by atoms with Crippen LogP contribution in [0.2, 0.25) is 0 Å². The molecule has 4 rings (SSSR count). The van der Waals surface area contributed by atoms with E-state index in [4.69, 9.17) is 0 Å². The number of amides is 2. The van der Waals surface area contributed by atoms with Gasteiger partial charge < -0.3 is 19.9 Å². The highest BCUT2D eigenvalue weighted by molar-refractivity contribution is 6.06. The van der Waals surface area contributed by atoms with Gasteiger partial charge in [0.25, 0.3) is 5.91 Å². The Morgan fingerprint density at radius 3 is 2.76 bits per heavy atom. The van der Waals surface area contributed by atoms with Gasteiger partial charge in [-0.15, -0.1) is 0 Å². The molecule has 2 N–H and O–H groups in total. The molecule has 1 aliphatic carbocycles. The number of carbonyl (C=O) groups excluding carboxylic acids is 2. The number of benzene rings is 1. The fourth-order valence-corrected chi connectivity index (χ4v) is 3.42. The molecule has 0 spiro atoms. The Morgan fingerprint density at radius 1 is 1.40 bits per heavy atom. The minimum atomic E-state index is -0.568. The van der Waals surface area contributed by atoms with Gasteiger partial charge in [-0.1, -0.05) is 0 Å². The number of carbonyl (C=O) groups is 2. The van der Waals surface area contributed by atoms with Crippen molar-refractivity contribution < 1.29 is 19.1 Å². The van der Waals surface area contributed by atoms with Crippen molar-refractivity contribution in [2.24, 2.45) is 5.41 Å². The van der Waals surface area contributed by atoms with Crippen molar-refractivity contribution in [1.29, 1.82) is 0 Å². The molecule has 0 radical (unpaired) electrons. The number of halogens is 1. The normalized spacial score (nSPS) is 18.9. The lowest BCUT2D eigenvalue weighted by atomic mass is 10.00. The summed E-state index contributed by atoms with van der Waals surface area (Å²) in [5.41, 5.74) is 0.569. The van der Waals surface area contributed by atoms with E-state index in [1.807, 2.05) is 0 Å². The van der Waals surface area contributed by atoms with Gasteiger partial charge >= 0.3 is 0 Å². The van der Waals surface area contributed by atoms with Crippen LogP contribution in [-0.4, -0.2) is 64.5 Å². The van der Waals surface area contributed by atoms with E-state index in [2.05, 4.69) is 4.98 Å². The predicted molar refractivity (Wildman–Crippen MR) is 89.5 cm³/mol. The van der Waals surface area contributed by atoms with Gasteiger partial charge in [-0.05, 0) is 31.0 Å². The molecular formula is C18H20FN3O3. The Bertz CT molecular complexity index is 852. The highest BCUT2D eigenvalue weighted by Gasteiger charge is 2.53. The smallest absolute Gasteiger partial charge is 0.256 e. The highest BCUT2D eigenvalue weighted by atomic mass is 19.1. The second-order valence-electron chi connectivity index (χ2n) is 7.11. The molecule has 1 aromatic heterocycles. The predicted octanol–water partition coefficient (Wildman–Crippen LogP) is 1.36. The largest absolute Gasteiger partial charge is 0.395 e. The van der Waals surface area contributed by atoms with Crippen molar-refractivity contribution in [2.75, 3.05) is 26.7 Å². The minimum absolute atomic E-state index is 0.0127. The van der Waals surface area contributed by atoms with Crippen molar-refractivity contribution in [2.45, 2.75) is 18.9 Å². The minimum Gasteiger partial charge on any atom is -0.395 e. The van der Waals surface area contributed by atoms with Gasteiger partial charge in [-0.25, -0.2) is 4.39 Å². The van der Waals surface area contributed by atoms with E-state index < -0.39 is 5.41 Å². The number of aliphatic hydroxyl groups is 1. The number of fused-ring (bicyclic) bond motifs is 1. The first-order chi connectivity index (χ1) is 11.9. The Labute approximate surface area is 144 Å². The number of aliphatic hydroxyl groups excluding tert-OH is 1. The molecule has 2 amide bonds. The summed E-state index contributed by atoms with van der Waals surface area (Å²) in [6, 6.07) is 4.24. The van der Waals surface area contributed by atoms with Gasteiger partial charge in [-0.2, -0.15) is 0 Å². The quantitative estimate of drug-likeness (QED) is 0.878. The summed E-state index contributed by atoms with van der Waals surface area (Å²) in [4.78, 5) is 31.4. The van der Waals surface area contributed by atoms with E-state index in [-0.39, 0.29) is 30.3 Å². The number of nitrogens with zero attached hydrogens (tertiary/aromatic N) is 2. The number of hydrogen-bond acceptors (Lipinski definition) is 3. The molecule has 0 bridgehead atoms. The van der Waals surface area contributed by atoms with Crippen molar-refractivity contribution >= 4 is 22.7 Å². The zero-order valence-electron chi connectivity index (χ0n) is 14.0. The first-order valence-electron chi connectivity index (χ1n) is 8.39. The monoisotopic (exact) mass is 345 g/mol. The molecule has 7 heteroatoms. The Kier molecular flexibility index (Phi) is 3.57. The van der Waals surface area contributed by atoms with Gasteiger partial charge in [0, 0.05) is 37.2 Å². The summed E-state index contributed by atoms with van der Waals surface area (Å²) in [5.74, 6) is -0.596. The third kappa shape index (κ3) is 2.50. The molecule has 0 unspecified atom stereocenters. The molecule has 1 aromatic carbocycles. The van der Waals surface area contributed by atoms with E-state index in [1.54, 1.807) is 29.1 Å². The average Bonchev–Trinajstić information content (AvgIpc) is 3.26. The van der Waals surface area contributed by atoms with Gasteiger partial charge in [0.1, 0.15) is 5.82 Å². The zero-order chi connectivity index (χ0) is 17.8. The number of hydrogen-bond donors (Lipinski definition) is 2. The van der Waals surface area contributed by atoms with Crippen LogP contribution in [0.3, 0.4) is 0 Å².